The summed E-state index contributed by atoms with van der Waals surface area (Å²) in [4.78, 5) is 43.6. The Hall–Kier alpha value is -4.34. The third kappa shape index (κ3) is 4.64. The number of aliphatic hydroxyl groups excluding tert-OH is 1. The van der Waals surface area contributed by atoms with Crippen molar-refractivity contribution >= 4 is 40.4 Å². The number of benzene rings is 2. The normalized spacial score (nSPS) is 12.4. The number of nitro groups is 1. The van der Waals surface area contributed by atoms with Gasteiger partial charge >= 0.3 is 5.97 Å². The molecule has 0 spiro atoms. The minimum atomic E-state index is -1.62. The first-order chi connectivity index (χ1) is 14.8. The van der Waals surface area contributed by atoms with Crippen molar-refractivity contribution in [1.82, 2.24) is 9.97 Å². The highest BCUT2D eigenvalue weighted by molar-refractivity contribution is 6.03. The zero-order valence-corrected chi connectivity index (χ0v) is 16.4. The standard InChI is InChI=1S/C21H18N4O6/c1-2-31-21(28)18(20(22)27)19-16(11-17(26)12-6-4-3-5-7-12)23-14-9-8-13(25(29)30)10-15(14)24-19/h3-11,18,26H,2H2,1H3,(H2,22,27)/t18-/m0/s1. The zero-order chi connectivity index (χ0) is 22.5. The number of nitrogens with two attached hydrogens (primary N) is 1. The van der Waals surface area contributed by atoms with Crippen molar-refractivity contribution in [1.29, 1.82) is 0 Å². The number of nitrogens with zero attached hydrogens (tertiary/aromatic N) is 3. The Labute approximate surface area is 176 Å². The largest absolute Gasteiger partial charge is 0.507 e. The van der Waals surface area contributed by atoms with Crippen LogP contribution >= 0.6 is 0 Å². The number of nitro benzene ring substituents is 1. The highest BCUT2D eigenvalue weighted by atomic mass is 16.6. The van der Waals surface area contributed by atoms with E-state index in [-0.39, 0.29) is 40.5 Å². The predicted molar refractivity (Wildman–Crippen MR) is 112 cm³/mol. The second-order valence-electron chi connectivity index (χ2n) is 6.41. The average molecular weight is 422 g/mol. The zero-order valence-electron chi connectivity index (χ0n) is 16.4. The van der Waals surface area contributed by atoms with Gasteiger partial charge in [0, 0.05) is 23.8 Å². The number of carbonyl (C=O) groups excluding carboxylic acids is 2. The molecule has 1 heterocycles. The fourth-order valence-corrected chi connectivity index (χ4v) is 2.91. The molecule has 10 heteroatoms. The highest BCUT2D eigenvalue weighted by Gasteiger charge is 2.32. The molecule has 0 fully saturated rings. The molecule has 0 saturated carbocycles. The SMILES string of the molecule is CCOC(=O)[C@H](C(N)=O)c1nc2cc([N+](=O)[O-])ccc2nc1C=C(O)c1ccccc1. The molecule has 0 saturated heterocycles. The van der Waals surface area contributed by atoms with Crippen molar-refractivity contribution in [2.24, 2.45) is 5.73 Å². The van der Waals surface area contributed by atoms with Gasteiger partial charge in [0.25, 0.3) is 5.69 Å². The van der Waals surface area contributed by atoms with Gasteiger partial charge < -0.3 is 15.6 Å². The van der Waals surface area contributed by atoms with Gasteiger partial charge in [0.05, 0.1) is 34.0 Å². The summed E-state index contributed by atoms with van der Waals surface area (Å²) in [5.74, 6) is -3.79. The van der Waals surface area contributed by atoms with E-state index in [2.05, 4.69) is 9.97 Å². The Bertz CT molecular complexity index is 1190. The summed E-state index contributed by atoms with van der Waals surface area (Å²) in [5, 5.41) is 21.6. The van der Waals surface area contributed by atoms with Gasteiger partial charge in [0.2, 0.25) is 5.91 Å². The summed E-state index contributed by atoms with van der Waals surface area (Å²) in [6.45, 7) is 1.56. The van der Waals surface area contributed by atoms with Crippen molar-refractivity contribution < 1.29 is 24.4 Å². The maximum absolute atomic E-state index is 12.4. The second kappa shape index (κ2) is 8.99. The molecule has 10 nitrogen and oxygen atoms in total. The molecular weight excluding hydrogens is 404 g/mol. The number of hydrogen-bond donors (Lipinski definition) is 2. The van der Waals surface area contributed by atoms with Crippen LogP contribution < -0.4 is 5.73 Å². The van der Waals surface area contributed by atoms with E-state index in [1.165, 1.54) is 24.3 Å². The first-order valence-corrected chi connectivity index (χ1v) is 9.20. The monoisotopic (exact) mass is 422 g/mol. The molecule has 0 aliphatic rings. The number of fused-ring (bicyclic) bond motifs is 1. The van der Waals surface area contributed by atoms with E-state index in [0.717, 1.165) is 0 Å². The number of aliphatic hydroxyl groups is 1. The van der Waals surface area contributed by atoms with Crippen molar-refractivity contribution in [2.75, 3.05) is 6.61 Å². The summed E-state index contributed by atoms with van der Waals surface area (Å²) in [6.07, 6.45) is 1.24. The molecule has 3 N–H and O–H groups in total. The van der Waals surface area contributed by atoms with Crippen molar-refractivity contribution in [3.05, 3.63) is 75.6 Å². The Morgan fingerprint density at radius 3 is 2.52 bits per heavy atom. The van der Waals surface area contributed by atoms with Crippen molar-refractivity contribution in [3.8, 4) is 0 Å². The van der Waals surface area contributed by atoms with E-state index in [1.807, 2.05) is 0 Å². The molecule has 0 radical (unpaired) electrons. The van der Waals surface area contributed by atoms with Crippen molar-refractivity contribution in [3.63, 3.8) is 0 Å². The van der Waals surface area contributed by atoms with Crippen LogP contribution in [0.1, 0.15) is 29.8 Å². The molecule has 3 rings (SSSR count). The lowest BCUT2D eigenvalue weighted by Gasteiger charge is -2.15. The maximum atomic E-state index is 12.4. The molecule has 2 aromatic carbocycles. The first-order valence-electron chi connectivity index (χ1n) is 9.20. The molecule has 31 heavy (non-hydrogen) atoms. The number of non-ortho nitro benzene ring substituents is 1. The van der Waals surface area contributed by atoms with Crippen LogP contribution in [0.3, 0.4) is 0 Å². The summed E-state index contributed by atoms with van der Waals surface area (Å²) in [5.41, 5.74) is 5.81. The molecule has 0 aliphatic carbocycles. The highest BCUT2D eigenvalue weighted by Crippen LogP contribution is 2.27. The average Bonchev–Trinajstić information content (AvgIpc) is 2.74. The van der Waals surface area contributed by atoms with Crippen LogP contribution in [0.2, 0.25) is 0 Å². The third-order valence-electron chi connectivity index (χ3n) is 4.34. The molecule has 1 atom stereocenters. The van der Waals surface area contributed by atoms with E-state index in [1.54, 1.807) is 37.3 Å². The Morgan fingerprint density at radius 1 is 1.19 bits per heavy atom. The van der Waals surface area contributed by atoms with Crippen molar-refractivity contribution in [2.45, 2.75) is 12.8 Å². The smallest absolute Gasteiger partial charge is 0.324 e. The summed E-state index contributed by atoms with van der Waals surface area (Å²) < 4.78 is 4.94. The molecule has 0 bridgehead atoms. The Morgan fingerprint density at radius 2 is 1.90 bits per heavy atom. The van der Waals surface area contributed by atoms with Gasteiger partial charge in [-0.3, -0.25) is 19.7 Å². The quantitative estimate of drug-likeness (QED) is 0.193. The molecule has 158 valence electrons. The molecule has 1 aromatic heterocycles. The Kier molecular flexibility index (Phi) is 6.20. The van der Waals surface area contributed by atoms with Crippen LogP contribution in [0.5, 0.6) is 0 Å². The van der Waals surface area contributed by atoms with Gasteiger partial charge in [0.1, 0.15) is 5.76 Å². The fraction of sp³-hybridized carbons (Fsp3) is 0.143. The lowest BCUT2D eigenvalue weighted by atomic mass is 10.0. The van der Waals surface area contributed by atoms with E-state index >= 15 is 0 Å². The minimum absolute atomic E-state index is 0.000408. The predicted octanol–water partition coefficient (Wildman–Crippen LogP) is 2.73. The first kappa shape index (κ1) is 21.4. The van der Waals surface area contributed by atoms with Gasteiger partial charge in [-0.2, -0.15) is 0 Å². The lowest BCUT2D eigenvalue weighted by molar-refractivity contribution is -0.384. The van der Waals surface area contributed by atoms with Crippen LogP contribution in [-0.4, -0.2) is 38.5 Å². The van der Waals surface area contributed by atoms with Crippen LogP contribution in [0.4, 0.5) is 5.69 Å². The minimum Gasteiger partial charge on any atom is -0.507 e. The molecule has 0 aliphatic heterocycles. The van der Waals surface area contributed by atoms with E-state index in [9.17, 15) is 24.8 Å². The van der Waals surface area contributed by atoms with Gasteiger partial charge in [-0.1, -0.05) is 30.3 Å². The van der Waals surface area contributed by atoms with E-state index in [4.69, 9.17) is 10.5 Å². The third-order valence-corrected chi connectivity index (χ3v) is 4.34. The fourth-order valence-electron chi connectivity index (χ4n) is 2.91. The van der Waals surface area contributed by atoms with Gasteiger partial charge in [-0.05, 0) is 13.0 Å². The molecule has 0 unspecified atom stereocenters. The van der Waals surface area contributed by atoms with E-state index in [0.29, 0.717) is 5.56 Å². The van der Waals surface area contributed by atoms with Crippen LogP contribution in [-0.2, 0) is 14.3 Å². The number of aromatic nitrogens is 2. The number of amides is 1. The maximum Gasteiger partial charge on any atom is 0.324 e. The number of hydrogen-bond acceptors (Lipinski definition) is 8. The summed E-state index contributed by atoms with van der Waals surface area (Å²) in [6, 6.07) is 12.3. The molecular formula is C21H18N4O6. The van der Waals surface area contributed by atoms with Crippen LogP contribution in [0.15, 0.2) is 48.5 Å². The Balaban J connectivity index is 2.26. The topological polar surface area (TPSA) is 159 Å². The number of esters is 1. The molecule has 3 aromatic rings. The van der Waals surface area contributed by atoms with Gasteiger partial charge in [-0.25, -0.2) is 9.97 Å². The summed E-state index contributed by atoms with van der Waals surface area (Å²) in [7, 11) is 0. The van der Waals surface area contributed by atoms with Gasteiger partial charge in [0.15, 0.2) is 5.92 Å². The number of primary amides is 1. The van der Waals surface area contributed by atoms with Crippen LogP contribution in [0, 0.1) is 10.1 Å². The lowest BCUT2D eigenvalue weighted by Crippen LogP contribution is -2.31. The number of rotatable bonds is 7. The number of carbonyl (C=O) groups is 2. The van der Waals surface area contributed by atoms with E-state index < -0.39 is 22.7 Å². The second-order valence-corrected chi connectivity index (χ2v) is 6.41. The number of ether oxygens (including phenoxy) is 1. The van der Waals surface area contributed by atoms with Crippen LogP contribution in [0.25, 0.3) is 22.9 Å². The summed E-state index contributed by atoms with van der Waals surface area (Å²) >= 11 is 0. The van der Waals surface area contributed by atoms with Gasteiger partial charge in [-0.15, -0.1) is 0 Å². The molecule has 1 amide bonds.